The van der Waals surface area contributed by atoms with Gasteiger partial charge in [-0.05, 0) is 24.7 Å². The highest BCUT2D eigenvalue weighted by Gasteiger charge is 2.02. The van der Waals surface area contributed by atoms with E-state index in [1.807, 2.05) is 19.2 Å². The third-order valence-electron chi connectivity index (χ3n) is 2.32. The van der Waals surface area contributed by atoms with Gasteiger partial charge in [-0.25, -0.2) is 4.98 Å². The Hall–Kier alpha value is -2.01. The van der Waals surface area contributed by atoms with Crippen molar-refractivity contribution in [3.8, 4) is 0 Å². The lowest BCUT2D eigenvalue weighted by Crippen LogP contribution is -2.16. The first-order valence-electron chi connectivity index (χ1n) is 5.40. The Labute approximate surface area is 99.0 Å². The molecule has 0 saturated heterocycles. The molecule has 0 spiro atoms. The molecule has 17 heavy (non-hydrogen) atoms. The van der Waals surface area contributed by atoms with E-state index >= 15 is 0 Å². The third kappa shape index (κ3) is 3.22. The number of pyridine rings is 1. The molecule has 5 nitrogen and oxygen atoms in total. The molecule has 0 aromatic carbocycles. The van der Waals surface area contributed by atoms with Gasteiger partial charge in [0, 0.05) is 31.4 Å². The molecule has 0 aliphatic rings. The number of nitrogens with zero attached hydrogens (tertiary/aromatic N) is 2. The van der Waals surface area contributed by atoms with E-state index in [9.17, 15) is 4.79 Å². The first-order chi connectivity index (χ1) is 8.28. The quantitative estimate of drug-likeness (QED) is 0.801. The summed E-state index contributed by atoms with van der Waals surface area (Å²) in [4.78, 5) is 22.5. The molecule has 0 radical (unpaired) electrons. The van der Waals surface area contributed by atoms with E-state index in [2.05, 4.69) is 20.3 Å². The van der Waals surface area contributed by atoms with Crippen LogP contribution in [0.5, 0.6) is 0 Å². The van der Waals surface area contributed by atoms with Gasteiger partial charge in [-0.3, -0.25) is 9.78 Å². The molecule has 88 valence electrons. The zero-order chi connectivity index (χ0) is 12.1. The maximum absolute atomic E-state index is 11.4. The minimum absolute atomic E-state index is 0.116. The summed E-state index contributed by atoms with van der Waals surface area (Å²) in [6.07, 6.45) is 4.06. The van der Waals surface area contributed by atoms with Crippen LogP contribution in [0.3, 0.4) is 0 Å². The monoisotopic (exact) mass is 230 g/mol. The van der Waals surface area contributed by atoms with Crippen LogP contribution in [-0.2, 0) is 13.0 Å². The maximum Gasteiger partial charge on any atom is 0.251 e. The molecule has 2 N–H and O–H groups in total. The van der Waals surface area contributed by atoms with Crippen molar-refractivity contribution in [1.82, 2.24) is 20.3 Å². The van der Waals surface area contributed by atoms with Crippen molar-refractivity contribution in [1.29, 1.82) is 0 Å². The Morgan fingerprint density at radius 3 is 2.82 bits per heavy atom. The Morgan fingerprint density at radius 2 is 2.12 bits per heavy atom. The summed E-state index contributed by atoms with van der Waals surface area (Å²) in [5, 5.41) is 2.98. The van der Waals surface area contributed by atoms with Gasteiger partial charge in [0.15, 0.2) is 0 Å². The summed E-state index contributed by atoms with van der Waals surface area (Å²) in [7, 11) is 1.82. The van der Waals surface area contributed by atoms with Crippen molar-refractivity contribution in [2.45, 2.75) is 13.0 Å². The zero-order valence-corrected chi connectivity index (χ0v) is 9.60. The molecule has 0 saturated carbocycles. The van der Waals surface area contributed by atoms with Crippen molar-refractivity contribution in [2.24, 2.45) is 0 Å². The van der Waals surface area contributed by atoms with Crippen molar-refractivity contribution >= 4 is 0 Å². The van der Waals surface area contributed by atoms with Gasteiger partial charge >= 0.3 is 0 Å². The normalized spacial score (nSPS) is 10.4. The standard InChI is InChI=1S/C12H14N4O/c1-13-8-10-7-12(17)16-11(15-10)6-9-2-4-14-5-3-9/h2-5,7,13H,6,8H2,1H3,(H,15,16,17). The summed E-state index contributed by atoms with van der Waals surface area (Å²) >= 11 is 0. The van der Waals surface area contributed by atoms with E-state index in [0.29, 0.717) is 18.8 Å². The van der Waals surface area contributed by atoms with E-state index < -0.39 is 0 Å². The van der Waals surface area contributed by atoms with Crippen molar-refractivity contribution < 1.29 is 0 Å². The fraction of sp³-hybridized carbons (Fsp3) is 0.250. The first-order valence-corrected chi connectivity index (χ1v) is 5.40. The lowest BCUT2D eigenvalue weighted by atomic mass is 10.2. The predicted molar refractivity (Wildman–Crippen MR) is 64.7 cm³/mol. The SMILES string of the molecule is CNCc1cc(=O)[nH]c(Cc2ccncc2)n1. The van der Waals surface area contributed by atoms with Crippen LogP contribution >= 0.6 is 0 Å². The smallest absolute Gasteiger partial charge is 0.251 e. The molecular weight excluding hydrogens is 216 g/mol. The maximum atomic E-state index is 11.4. The molecule has 2 rings (SSSR count). The number of hydrogen-bond acceptors (Lipinski definition) is 4. The van der Waals surface area contributed by atoms with Crippen molar-refractivity contribution in [3.63, 3.8) is 0 Å². The molecule has 5 heteroatoms. The van der Waals surface area contributed by atoms with Crippen LogP contribution in [0.15, 0.2) is 35.4 Å². The van der Waals surface area contributed by atoms with Gasteiger partial charge in [-0.15, -0.1) is 0 Å². The van der Waals surface area contributed by atoms with E-state index in [4.69, 9.17) is 0 Å². The summed E-state index contributed by atoms with van der Waals surface area (Å²) < 4.78 is 0. The van der Waals surface area contributed by atoms with Crippen LogP contribution in [0, 0.1) is 0 Å². The van der Waals surface area contributed by atoms with E-state index in [0.717, 1.165) is 11.3 Å². The van der Waals surface area contributed by atoms with Gasteiger partial charge in [-0.2, -0.15) is 0 Å². The van der Waals surface area contributed by atoms with Crippen LogP contribution < -0.4 is 10.9 Å². The lowest BCUT2D eigenvalue weighted by molar-refractivity contribution is 0.767. The number of aromatic amines is 1. The third-order valence-corrected chi connectivity index (χ3v) is 2.32. The van der Waals surface area contributed by atoms with Gasteiger partial charge in [0.25, 0.3) is 5.56 Å². The molecule has 0 aliphatic carbocycles. The molecule has 0 unspecified atom stereocenters. The fourth-order valence-corrected chi connectivity index (χ4v) is 1.61. The molecule has 0 fully saturated rings. The second-order valence-corrected chi connectivity index (χ2v) is 3.75. The summed E-state index contributed by atoms with van der Waals surface area (Å²) in [6.45, 7) is 0.591. The van der Waals surface area contributed by atoms with Gasteiger partial charge in [-0.1, -0.05) is 0 Å². The first kappa shape index (κ1) is 11.5. The van der Waals surface area contributed by atoms with Crippen LogP contribution in [0.2, 0.25) is 0 Å². The average Bonchev–Trinajstić information content (AvgIpc) is 2.30. The largest absolute Gasteiger partial charge is 0.314 e. The highest BCUT2D eigenvalue weighted by Crippen LogP contribution is 2.03. The Morgan fingerprint density at radius 1 is 1.35 bits per heavy atom. The number of aromatic nitrogens is 3. The van der Waals surface area contributed by atoms with E-state index in [1.54, 1.807) is 12.4 Å². The number of rotatable bonds is 4. The van der Waals surface area contributed by atoms with Gasteiger partial charge in [0.2, 0.25) is 0 Å². The molecule has 2 heterocycles. The number of hydrogen-bond donors (Lipinski definition) is 2. The Bertz CT molecular complexity index is 536. The summed E-state index contributed by atoms with van der Waals surface area (Å²) in [6, 6.07) is 5.32. The second-order valence-electron chi connectivity index (χ2n) is 3.75. The predicted octanol–water partition coefficient (Wildman–Crippen LogP) is 0.475. The molecule has 0 bridgehead atoms. The van der Waals surface area contributed by atoms with Crippen LogP contribution in [-0.4, -0.2) is 22.0 Å². The minimum Gasteiger partial charge on any atom is -0.314 e. The second kappa shape index (κ2) is 5.36. The molecule has 2 aromatic rings. The molecule has 0 atom stereocenters. The molecule has 2 aromatic heterocycles. The van der Waals surface area contributed by atoms with Gasteiger partial charge in [0.05, 0.1) is 5.69 Å². The minimum atomic E-state index is -0.116. The van der Waals surface area contributed by atoms with E-state index in [1.165, 1.54) is 6.07 Å². The number of H-pyrrole nitrogens is 1. The highest BCUT2D eigenvalue weighted by atomic mass is 16.1. The van der Waals surface area contributed by atoms with Crippen molar-refractivity contribution in [2.75, 3.05) is 7.05 Å². The zero-order valence-electron chi connectivity index (χ0n) is 9.60. The average molecular weight is 230 g/mol. The lowest BCUT2D eigenvalue weighted by Gasteiger charge is -2.03. The Balaban J connectivity index is 2.24. The highest BCUT2D eigenvalue weighted by molar-refractivity contribution is 5.16. The topological polar surface area (TPSA) is 70.7 Å². The summed E-state index contributed by atoms with van der Waals surface area (Å²) in [5.74, 6) is 0.675. The molecule has 0 amide bonds. The molecular formula is C12H14N4O. The van der Waals surface area contributed by atoms with Gasteiger partial charge in [0.1, 0.15) is 5.82 Å². The van der Waals surface area contributed by atoms with Crippen LogP contribution in [0.4, 0.5) is 0 Å². The number of nitrogens with one attached hydrogen (secondary N) is 2. The fourth-order valence-electron chi connectivity index (χ4n) is 1.61. The molecule has 0 aliphatic heterocycles. The van der Waals surface area contributed by atoms with Crippen molar-refractivity contribution in [3.05, 3.63) is 58.0 Å². The summed E-state index contributed by atoms with van der Waals surface area (Å²) in [5.41, 5.74) is 1.71. The Kier molecular flexibility index (Phi) is 3.62. The van der Waals surface area contributed by atoms with Crippen LogP contribution in [0.1, 0.15) is 17.1 Å². The van der Waals surface area contributed by atoms with Gasteiger partial charge < -0.3 is 10.3 Å². The van der Waals surface area contributed by atoms with E-state index in [-0.39, 0.29) is 5.56 Å². The van der Waals surface area contributed by atoms with Crippen LogP contribution in [0.25, 0.3) is 0 Å².